The van der Waals surface area contributed by atoms with Gasteiger partial charge in [-0.05, 0) is 35.9 Å². The van der Waals surface area contributed by atoms with E-state index < -0.39 is 17.5 Å². The molecule has 21 heavy (non-hydrogen) atoms. The van der Waals surface area contributed by atoms with E-state index in [0.29, 0.717) is 5.56 Å². The molecule has 4 nitrogen and oxygen atoms in total. The first kappa shape index (κ1) is 14.7. The number of nitrogens with two attached hydrogens (primary N) is 1. The second kappa shape index (κ2) is 6.17. The highest BCUT2D eigenvalue weighted by molar-refractivity contribution is 5.97. The number of oxime groups is 1. The Morgan fingerprint density at radius 2 is 1.86 bits per heavy atom. The van der Waals surface area contributed by atoms with Crippen LogP contribution in [0.3, 0.4) is 0 Å². The predicted octanol–water partition coefficient (Wildman–Crippen LogP) is 2.78. The highest BCUT2D eigenvalue weighted by Crippen LogP contribution is 2.18. The summed E-state index contributed by atoms with van der Waals surface area (Å²) in [6, 6.07) is 6.81. The number of hydrogen-bond donors (Lipinski definition) is 2. The third kappa shape index (κ3) is 3.65. The zero-order chi connectivity index (χ0) is 15.4. The molecule has 0 atom stereocenters. The van der Waals surface area contributed by atoms with Gasteiger partial charge >= 0.3 is 0 Å². The fourth-order valence-corrected chi connectivity index (χ4v) is 1.67. The molecule has 0 heterocycles. The third-order valence-electron chi connectivity index (χ3n) is 2.66. The van der Waals surface area contributed by atoms with Gasteiger partial charge in [-0.2, -0.15) is 0 Å². The molecule has 0 aliphatic carbocycles. The molecule has 0 aliphatic rings. The lowest BCUT2D eigenvalue weighted by molar-refractivity contribution is 0.302. The van der Waals surface area contributed by atoms with Crippen LogP contribution in [0.2, 0.25) is 0 Å². The summed E-state index contributed by atoms with van der Waals surface area (Å²) in [6.45, 7) is -0.0887. The van der Waals surface area contributed by atoms with Crippen molar-refractivity contribution >= 4 is 5.84 Å². The van der Waals surface area contributed by atoms with Gasteiger partial charge in [0.2, 0.25) is 0 Å². The molecule has 0 saturated carbocycles. The highest BCUT2D eigenvalue weighted by Gasteiger charge is 2.07. The van der Waals surface area contributed by atoms with Crippen molar-refractivity contribution in [2.45, 2.75) is 6.61 Å². The van der Waals surface area contributed by atoms with Gasteiger partial charge in [0.15, 0.2) is 17.5 Å². The van der Waals surface area contributed by atoms with E-state index in [9.17, 15) is 13.2 Å². The van der Waals surface area contributed by atoms with E-state index in [1.165, 1.54) is 18.2 Å². The van der Waals surface area contributed by atoms with Crippen LogP contribution in [0, 0.1) is 17.5 Å². The average Bonchev–Trinajstić information content (AvgIpc) is 2.47. The molecule has 7 heteroatoms. The van der Waals surface area contributed by atoms with Crippen LogP contribution in [0.4, 0.5) is 13.2 Å². The van der Waals surface area contributed by atoms with Crippen LogP contribution < -0.4 is 10.5 Å². The van der Waals surface area contributed by atoms with Crippen LogP contribution in [0.15, 0.2) is 41.6 Å². The molecule has 0 unspecified atom stereocenters. The Labute approximate surface area is 118 Å². The van der Waals surface area contributed by atoms with E-state index in [4.69, 9.17) is 15.7 Å². The lowest BCUT2D eigenvalue weighted by atomic mass is 10.1. The summed E-state index contributed by atoms with van der Waals surface area (Å²) in [5, 5.41) is 11.3. The Balaban J connectivity index is 2.16. The largest absolute Gasteiger partial charge is 0.489 e. The van der Waals surface area contributed by atoms with Crippen molar-refractivity contribution in [1.29, 1.82) is 0 Å². The average molecular weight is 296 g/mol. The van der Waals surface area contributed by atoms with Gasteiger partial charge < -0.3 is 15.7 Å². The van der Waals surface area contributed by atoms with Gasteiger partial charge in [-0.15, -0.1) is 0 Å². The number of benzene rings is 2. The quantitative estimate of drug-likeness (QED) is 0.394. The molecule has 2 rings (SSSR count). The first-order chi connectivity index (χ1) is 9.99. The van der Waals surface area contributed by atoms with Gasteiger partial charge in [0, 0.05) is 11.6 Å². The van der Waals surface area contributed by atoms with Crippen molar-refractivity contribution in [3.63, 3.8) is 0 Å². The van der Waals surface area contributed by atoms with Gasteiger partial charge in [0.05, 0.1) is 0 Å². The zero-order valence-corrected chi connectivity index (χ0v) is 10.7. The Hall–Kier alpha value is -2.70. The van der Waals surface area contributed by atoms with E-state index in [0.717, 1.165) is 18.2 Å². The first-order valence-electron chi connectivity index (χ1n) is 5.85. The SMILES string of the molecule is N/C(=N/O)c1cc(F)cc(COc2ccc(F)c(F)c2)c1. The second-order valence-corrected chi connectivity index (χ2v) is 4.20. The van der Waals surface area contributed by atoms with E-state index in [2.05, 4.69) is 5.16 Å². The van der Waals surface area contributed by atoms with E-state index in [1.54, 1.807) is 0 Å². The number of rotatable bonds is 4. The standard InChI is InChI=1S/C14H11F3N2O2/c15-10-4-8(3-9(5-10)14(18)19-20)7-21-11-1-2-12(16)13(17)6-11/h1-6,20H,7H2,(H2,18,19). The molecule has 0 amide bonds. The summed E-state index contributed by atoms with van der Waals surface area (Å²) in [7, 11) is 0. The van der Waals surface area contributed by atoms with Gasteiger partial charge in [-0.3, -0.25) is 0 Å². The van der Waals surface area contributed by atoms with Crippen LogP contribution in [0.25, 0.3) is 0 Å². The van der Waals surface area contributed by atoms with E-state index >= 15 is 0 Å². The molecule has 0 fully saturated rings. The van der Waals surface area contributed by atoms with Gasteiger partial charge in [-0.25, -0.2) is 13.2 Å². The summed E-state index contributed by atoms with van der Waals surface area (Å²) < 4.78 is 44.4. The molecule has 2 aromatic carbocycles. The molecular formula is C14H11F3N2O2. The van der Waals surface area contributed by atoms with E-state index in [-0.39, 0.29) is 23.8 Å². The number of ether oxygens (including phenoxy) is 1. The molecule has 0 aromatic heterocycles. The lowest BCUT2D eigenvalue weighted by Crippen LogP contribution is -2.14. The Morgan fingerprint density at radius 3 is 2.52 bits per heavy atom. The maximum atomic E-state index is 13.4. The Bertz CT molecular complexity index is 690. The topological polar surface area (TPSA) is 67.8 Å². The van der Waals surface area contributed by atoms with Crippen LogP contribution in [-0.4, -0.2) is 11.0 Å². The zero-order valence-electron chi connectivity index (χ0n) is 10.7. The summed E-state index contributed by atoms with van der Waals surface area (Å²) in [5.74, 6) is -2.76. The number of hydrogen-bond acceptors (Lipinski definition) is 3. The maximum absolute atomic E-state index is 13.4. The molecule has 2 aromatic rings. The van der Waals surface area contributed by atoms with Crippen molar-refractivity contribution in [2.24, 2.45) is 10.9 Å². The molecule has 0 radical (unpaired) electrons. The van der Waals surface area contributed by atoms with E-state index in [1.807, 2.05) is 0 Å². The van der Waals surface area contributed by atoms with Crippen LogP contribution >= 0.6 is 0 Å². The molecule has 0 aliphatic heterocycles. The molecule has 3 N–H and O–H groups in total. The summed E-state index contributed by atoms with van der Waals surface area (Å²) in [4.78, 5) is 0. The first-order valence-corrected chi connectivity index (χ1v) is 5.85. The van der Waals surface area contributed by atoms with Gasteiger partial charge in [0.1, 0.15) is 18.2 Å². The minimum atomic E-state index is -1.04. The van der Waals surface area contributed by atoms with Crippen molar-refractivity contribution in [2.75, 3.05) is 0 Å². The number of nitrogens with zero attached hydrogens (tertiary/aromatic N) is 1. The van der Waals surface area contributed by atoms with Crippen LogP contribution in [-0.2, 0) is 6.61 Å². The van der Waals surface area contributed by atoms with Crippen molar-refractivity contribution in [3.8, 4) is 5.75 Å². The Kier molecular flexibility index (Phi) is 4.32. The van der Waals surface area contributed by atoms with Crippen LogP contribution in [0.5, 0.6) is 5.75 Å². The highest BCUT2D eigenvalue weighted by atomic mass is 19.2. The molecular weight excluding hydrogens is 285 g/mol. The third-order valence-corrected chi connectivity index (χ3v) is 2.66. The minimum Gasteiger partial charge on any atom is -0.489 e. The summed E-state index contributed by atoms with van der Waals surface area (Å²) in [5.41, 5.74) is 5.95. The second-order valence-electron chi connectivity index (χ2n) is 4.20. The lowest BCUT2D eigenvalue weighted by Gasteiger charge is -2.08. The minimum absolute atomic E-state index is 0.0887. The number of halogens is 3. The summed E-state index contributed by atoms with van der Waals surface area (Å²) in [6.07, 6.45) is 0. The maximum Gasteiger partial charge on any atom is 0.170 e. The molecule has 0 spiro atoms. The Morgan fingerprint density at radius 1 is 1.10 bits per heavy atom. The van der Waals surface area contributed by atoms with Crippen LogP contribution in [0.1, 0.15) is 11.1 Å². The number of amidine groups is 1. The predicted molar refractivity (Wildman–Crippen MR) is 69.6 cm³/mol. The van der Waals surface area contributed by atoms with Crippen molar-refractivity contribution < 1.29 is 23.1 Å². The molecule has 0 bridgehead atoms. The molecule has 0 saturated heterocycles. The van der Waals surface area contributed by atoms with Gasteiger partial charge in [-0.1, -0.05) is 5.16 Å². The normalized spacial score (nSPS) is 11.5. The van der Waals surface area contributed by atoms with Gasteiger partial charge in [0.25, 0.3) is 0 Å². The fourth-order valence-electron chi connectivity index (χ4n) is 1.67. The molecule has 110 valence electrons. The van der Waals surface area contributed by atoms with Crippen molar-refractivity contribution in [3.05, 3.63) is 65.0 Å². The fraction of sp³-hybridized carbons (Fsp3) is 0.0714. The monoisotopic (exact) mass is 296 g/mol. The summed E-state index contributed by atoms with van der Waals surface area (Å²) >= 11 is 0. The van der Waals surface area contributed by atoms with Crippen molar-refractivity contribution in [1.82, 2.24) is 0 Å². The smallest absolute Gasteiger partial charge is 0.170 e.